The molecule has 0 unspecified atom stereocenters. The maximum Gasteiger partial charge on any atom is 0.193 e. The van der Waals surface area contributed by atoms with E-state index in [0.717, 1.165) is 31.7 Å². The van der Waals surface area contributed by atoms with E-state index in [1.807, 2.05) is 12.1 Å². The van der Waals surface area contributed by atoms with Crippen LogP contribution in [-0.4, -0.2) is 51.3 Å². The molecule has 1 fully saturated rings. The molecular formula is C21H24N2O4. The van der Waals surface area contributed by atoms with Gasteiger partial charge in [-0.3, -0.25) is 4.79 Å². The van der Waals surface area contributed by atoms with Gasteiger partial charge < -0.3 is 24.8 Å². The van der Waals surface area contributed by atoms with E-state index in [2.05, 4.69) is 22.3 Å². The number of rotatable bonds is 6. The van der Waals surface area contributed by atoms with Crippen LogP contribution in [0.5, 0.6) is 17.2 Å². The number of carbonyl (C=O) groups excluding carboxylic acids is 1. The van der Waals surface area contributed by atoms with E-state index in [0.29, 0.717) is 5.75 Å². The summed E-state index contributed by atoms with van der Waals surface area (Å²) >= 11 is 0. The molecule has 1 aliphatic heterocycles. The number of nitrogens with one attached hydrogen (secondary N) is 1. The number of phenols is 1. The Morgan fingerprint density at radius 1 is 1.11 bits per heavy atom. The van der Waals surface area contributed by atoms with Crippen molar-refractivity contribution in [3.63, 3.8) is 0 Å². The fraction of sp³-hybridized carbons (Fsp3) is 0.286. The van der Waals surface area contributed by atoms with Crippen LogP contribution in [0.1, 0.15) is 15.9 Å². The Morgan fingerprint density at radius 2 is 1.81 bits per heavy atom. The summed E-state index contributed by atoms with van der Waals surface area (Å²) in [5.74, 6) is 0.192. The summed E-state index contributed by atoms with van der Waals surface area (Å²) in [6.07, 6.45) is 3.16. The minimum absolute atomic E-state index is 0.118. The molecule has 0 saturated carbocycles. The maximum absolute atomic E-state index is 12.5. The number of phenolic OH excluding ortho intramolecular Hbond substituents is 1. The van der Waals surface area contributed by atoms with Crippen LogP contribution in [0.3, 0.4) is 0 Å². The minimum atomic E-state index is -0.335. The van der Waals surface area contributed by atoms with Crippen molar-refractivity contribution in [3.8, 4) is 17.2 Å². The molecule has 1 saturated heterocycles. The first-order valence-electron chi connectivity index (χ1n) is 8.85. The number of nitrogens with zero attached hydrogens (tertiary/aromatic N) is 1. The van der Waals surface area contributed by atoms with Gasteiger partial charge in [0, 0.05) is 44.0 Å². The van der Waals surface area contributed by atoms with Crippen LogP contribution >= 0.6 is 0 Å². The topological polar surface area (TPSA) is 71.0 Å². The van der Waals surface area contributed by atoms with Gasteiger partial charge in [0.05, 0.1) is 14.2 Å². The molecule has 0 amide bonds. The summed E-state index contributed by atoms with van der Waals surface area (Å²) in [5, 5.41) is 13.5. The summed E-state index contributed by atoms with van der Waals surface area (Å²) in [5.41, 5.74) is 2.20. The van der Waals surface area contributed by atoms with E-state index in [1.165, 1.54) is 32.0 Å². The van der Waals surface area contributed by atoms with Crippen molar-refractivity contribution in [1.82, 2.24) is 5.32 Å². The lowest BCUT2D eigenvalue weighted by molar-refractivity contribution is 0.104. The van der Waals surface area contributed by atoms with Gasteiger partial charge in [0.2, 0.25) is 0 Å². The van der Waals surface area contributed by atoms with Crippen molar-refractivity contribution in [3.05, 3.63) is 53.6 Å². The van der Waals surface area contributed by atoms with Gasteiger partial charge in [-0.15, -0.1) is 0 Å². The molecule has 142 valence electrons. The van der Waals surface area contributed by atoms with Crippen molar-refractivity contribution >= 4 is 17.5 Å². The van der Waals surface area contributed by atoms with Crippen LogP contribution in [0.25, 0.3) is 6.08 Å². The number of ether oxygens (including phenoxy) is 2. The molecule has 0 aromatic heterocycles. The van der Waals surface area contributed by atoms with Crippen molar-refractivity contribution < 1.29 is 19.4 Å². The predicted octanol–water partition coefficient (Wildman–Crippen LogP) is 2.72. The average molecular weight is 368 g/mol. The maximum atomic E-state index is 12.5. The highest BCUT2D eigenvalue weighted by molar-refractivity contribution is 6.10. The van der Waals surface area contributed by atoms with Crippen LogP contribution < -0.4 is 19.7 Å². The zero-order valence-corrected chi connectivity index (χ0v) is 15.6. The highest BCUT2D eigenvalue weighted by Gasteiger charge is 2.17. The number of benzene rings is 2. The second kappa shape index (κ2) is 8.60. The van der Waals surface area contributed by atoms with E-state index < -0.39 is 0 Å². The largest absolute Gasteiger partial charge is 0.507 e. The molecular weight excluding hydrogens is 344 g/mol. The Kier molecular flexibility index (Phi) is 5.98. The summed E-state index contributed by atoms with van der Waals surface area (Å²) in [6.45, 7) is 3.96. The first-order valence-corrected chi connectivity index (χ1v) is 8.85. The second-order valence-corrected chi connectivity index (χ2v) is 6.25. The van der Waals surface area contributed by atoms with Gasteiger partial charge in [-0.25, -0.2) is 0 Å². The molecule has 6 nitrogen and oxygen atoms in total. The number of ketones is 1. The molecule has 27 heavy (non-hydrogen) atoms. The third kappa shape index (κ3) is 4.41. The fourth-order valence-corrected chi connectivity index (χ4v) is 3.08. The molecule has 0 atom stereocenters. The molecule has 0 spiro atoms. The number of anilines is 1. The quantitative estimate of drug-likeness (QED) is 0.603. The standard InChI is InChI=1S/C21H24N2O4/c1-26-17-13-19(25)21(20(14-17)27-2)18(24)8-5-15-3-6-16(7-4-15)23-11-9-22-10-12-23/h3-8,13-14,22,25H,9-12H2,1-2H3/b8-5+. The lowest BCUT2D eigenvalue weighted by atomic mass is 10.1. The molecule has 6 heteroatoms. The van der Waals surface area contributed by atoms with Crippen molar-refractivity contribution in [2.24, 2.45) is 0 Å². The molecule has 2 N–H and O–H groups in total. The molecule has 1 heterocycles. The Hall–Kier alpha value is -2.99. The lowest BCUT2D eigenvalue weighted by Crippen LogP contribution is -2.43. The van der Waals surface area contributed by atoms with Crippen molar-refractivity contribution in [2.75, 3.05) is 45.3 Å². The van der Waals surface area contributed by atoms with Crippen LogP contribution in [0, 0.1) is 0 Å². The van der Waals surface area contributed by atoms with Gasteiger partial charge in [0.25, 0.3) is 0 Å². The molecule has 2 aromatic carbocycles. The van der Waals surface area contributed by atoms with Gasteiger partial charge in [-0.1, -0.05) is 18.2 Å². The highest BCUT2D eigenvalue weighted by atomic mass is 16.5. The van der Waals surface area contributed by atoms with Gasteiger partial charge in [0.15, 0.2) is 5.78 Å². The van der Waals surface area contributed by atoms with Crippen molar-refractivity contribution in [1.29, 1.82) is 0 Å². The molecule has 2 aromatic rings. The normalized spacial score (nSPS) is 14.4. The van der Waals surface area contributed by atoms with Crippen LogP contribution in [0.15, 0.2) is 42.5 Å². The predicted molar refractivity (Wildman–Crippen MR) is 106 cm³/mol. The third-order valence-electron chi connectivity index (χ3n) is 4.56. The van der Waals surface area contributed by atoms with Crippen LogP contribution in [0.4, 0.5) is 5.69 Å². The third-order valence-corrected chi connectivity index (χ3v) is 4.56. The Morgan fingerprint density at radius 3 is 2.44 bits per heavy atom. The summed E-state index contributed by atoms with van der Waals surface area (Å²) in [4.78, 5) is 14.9. The molecule has 3 rings (SSSR count). The van der Waals surface area contributed by atoms with Gasteiger partial charge in [-0.2, -0.15) is 0 Å². The number of carbonyl (C=O) groups is 1. The Labute approximate surface area is 159 Å². The van der Waals surface area contributed by atoms with Gasteiger partial charge in [-0.05, 0) is 23.8 Å². The van der Waals surface area contributed by atoms with Crippen molar-refractivity contribution in [2.45, 2.75) is 0 Å². The molecule has 0 bridgehead atoms. The SMILES string of the molecule is COc1cc(O)c(C(=O)/C=C/c2ccc(N3CCNCC3)cc2)c(OC)c1. The summed E-state index contributed by atoms with van der Waals surface area (Å²) < 4.78 is 10.3. The number of piperazine rings is 1. The highest BCUT2D eigenvalue weighted by Crippen LogP contribution is 2.33. The first-order chi connectivity index (χ1) is 13.1. The number of hydrogen-bond donors (Lipinski definition) is 2. The zero-order valence-electron chi connectivity index (χ0n) is 15.6. The first kappa shape index (κ1) is 18.8. The van der Waals surface area contributed by atoms with E-state index in [1.54, 1.807) is 12.1 Å². The van der Waals surface area contributed by atoms with Gasteiger partial charge >= 0.3 is 0 Å². The van der Waals surface area contributed by atoms with Crippen LogP contribution in [-0.2, 0) is 0 Å². The fourth-order valence-electron chi connectivity index (χ4n) is 3.08. The Bertz CT molecular complexity index is 825. The summed E-state index contributed by atoms with van der Waals surface area (Å²) in [7, 11) is 2.93. The molecule has 0 radical (unpaired) electrons. The zero-order chi connectivity index (χ0) is 19.2. The number of allylic oxidation sites excluding steroid dienone is 1. The summed E-state index contributed by atoms with van der Waals surface area (Å²) in [6, 6.07) is 11.0. The van der Waals surface area contributed by atoms with E-state index in [9.17, 15) is 9.90 Å². The second-order valence-electron chi connectivity index (χ2n) is 6.25. The van der Waals surface area contributed by atoms with E-state index in [-0.39, 0.29) is 22.8 Å². The smallest absolute Gasteiger partial charge is 0.193 e. The molecule has 0 aliphatic carbocycles. The lowest BCUT2D eigenvalue weighted by Gasteiger charge is -2.29. The van der Waals surface area contributed by atoms with E-state index in [4.69, 9.17) is 9.47 Å². The van der Waals surface area contributed by atoms with E-state index >= 15 is 0 Å². The van der Waals surface area contributed by atoms with Crippen LogP contribution in [0.2, 0.25) is 0 Å². The minimum Gasteiger partial charge on any atom is -0.507 e. The van der Waals surface area contributed by atoms with Gasteiger partial charge in [0.1, 0.15) is 22.8 Å². The number of aromatic hydroxyl groups is 1. The number of hydrogen-bond acceptors (Lipinski definition) is 6. The monoisotopic (exact) mass is 368 g/mol. The average Bonchev–Trinajstić information content (AvgIpc) is 2.72. The molecule has 1 aliphatic rings. The Balaban J connectivity index is 1.75. The number of methoxy groups -OCH3 is 2.